The quantitative estimate of drug-likeness (QED) is 0.0423. The van der Waals surface area contributed by atoms with Crippen LogP contribution in [0.3, 0.4) is 0 Å². The number of carbonyl (C=O) groups excluding carboxylic acids is 3. The van der Waals surface area contributed by atoms with Crippen LogP contribution in [0.5, 0.6) is 0 Å². The van der Waals surface area contributed by atoms with Gasteiger partial charge in [-0.3, -0.25) is 9.59 Å². The summed E-state index contributed by atoms with van der Waals surface area (Å²) in [5.74, 6) is -1.88. The minimum Gasteiger partial charge on any atom is -0.544 e. The first-order chi connectivity index (χ1) is 20.1. The predicted molar refractivity (Wildman–Crippen MR) is 166 cm³/mol. The number of quaternary nitrogens is 1. The van der Waals surface area contributed by atoms with Crippen LogP contribution in [0.2, 0.25) is 0 Å². The molecule has 0 aromatic heterocycles. The molecule has 0 aliphatic carbocycles. The van der Waals surface area contributed by atoms with E-state index in [9.17, 15) is 19.5 Å². The smallest absolute Gasteiger partial charge is 0.306 e. The van der Waals surface area contributed by atoms with Gasteiger partial charge in [-0.1, -0.05) is 81.7 Å². The van der Waals surface area contributed by atoms with E-state index in [1.165, 1.54) is 12.8 Å². The van der Waals surface area contributed by atoms with Gasteiger partial charge >= 0.3 is 11.9 Å². The summed E-state index contributed by atoms with van der Waals surface area (Å²) in [5.41, 5.74) is 0. The van der Waals surface area contributed by atoms with Gasteiger partial charge in [0.25, 0.3) is 0 Å². The first kappa shape index (κ1) is 39.3. The maximum absolute atomic E-state index is 12.5. The molecule has 0 saturated heterocycles. The van der Waals surface area contributed by atoms with E-state index in [1.54, 1.807) is 21.1 Å². The van der Waals surface area contributed by atoms with Crippen molar-refractivity contribution in [1.82, 2.24) is 0 Å². The number of nitrogens with zero attached hydrogens (tertiary/aromatic N) is 1. The number of esters is 2. The lowest BCUT2D eigenvalue weighted by molar-refractivity contribution is -0.889. The van der Waals surface area contributed by atoms with E-state index < -0.39 is 18.1 Å². The highest BCUT2D eigenvalue weighted by atomic mass is 16.6. The maximum Gasteiger partial charge on any atom is 0.306 e. The van der Waals surface area contributed by atoms with Gasteiger partial charge in [-0.2, -0.15) is 0 Å². The Morgan fingerprint density at radius 3 is 2.10 bits per heavy atom. The third-order valence-electron chi connectivity index (χ3n) is 6.49. The van der Waals surface area contributed by atoms with E-state index in [0.717, 1.165) is 38.5 Å². The molecule has 2 unspecified atom stereocenters. The van der Waals surface area contributed by atoms with Crippen LogP contribution >= 0.6 is 0 Å². The highest BCUT2D eigenvalue weighted by Gasteiger charge is 2.25. The van der Waals surface area contributed by atoms with Gasteiger partial charge in [0.1, 0.15) is 12.6 Å². The molecule has 240 valence electrons. The summed E-state index contributed by atoms with van der Waals surface area (Å²) in [6, 6.07) is -0.735. The van der Waals surface area contributed by atoms with Crippen molar-refractivity contribution in [3.63, 3.8) is 0 Å². The summed E-state index contributed by atoms with van der Waals surface area (Å²) in [6.07, 6.45) is 26.1. The number of carbonyl (C=O) groups is 3. The van der Waals surface area contributed by atoms with Gasteiger partial charge in [0.15, 0.2) is 6.10 Å². The number of hydrogen-bond donors (Lipinski definition) is 0. The lowest BCUT2D eigenvalue weighted by Gasteiger charge is -2.34. The minimum absolute atomic E-state index is 0.0101. The summed E-state index contributed by atoms with van der Waals surface area (Å²) in [6.45, 7) is 4.31. The lowest BCUT2D eigenvalue weighted by atomic mass is 10.1. The van der Waals surface area contributed by atoms with E-state index in [-0.39, 0.29) is 55.5 Å². The number of likely N-dealkylation sites (N-methyl/N-ethyl adjacent to an activating group) is 1. The molecule has 0 rings (SSSR count). The summed E-state index contributed by atoms with van der Waals surface area (Å²) in [7, 11) is 5.34. The first-order valence-electron chi connectivity index (χ1n) is 15.7. The Bertz CT molecular complexity index is 839. The normalized spacial score (nSPS) is 13.8. The molecule has 0 N–H and O–H groups in total. The third-order valence-corrected chi connectivity index (χ3v) is 6.49. The zero-order chi connectivity index (χ0) is 31.5. The molecule has 0 aromatic rings. The Labute approximate surface area is 255 Å². The Hall–Kier alpha value is -2.71. The van der Waals surface area contributed by atoms with E-state index >= 15 is 0 Å². The number of rotatable bonds is 26. The van der Waals surface area contributed by atoms with Crippen molar-refractivity contribution in [3.05, 3.63) is 48.6 Å². The summed E-state index contributed by atoms with van der Waals surface area (Å²) < 4.78 is 16.8. The standard InChI is InChI=1S/C34H57NO7/c1-6-8-10-12-14-15-16-17-19-21-23-25-33(37)42-30(28-40-27-26-31(34(38)39)35(3,4)5)29-41-32(36)24-22-20-18-13-11-9-7-2/h9,11-12,14-16,18,20,30-31H,6-8,10,13,17,19,21-29H2,1-5H3/b11-9+,14-12+,16-15+,20-18+. The van der Waals surface area contributed by atoms with E-state index in [2.05, 4.69) is 50.3 Å². The van der Waals surface area contributed by atoms with Gasteiger partial charge in [0.2, 0.25) is 0 Å². The predicted octanol–water partition coefficient (Wildman–Crippen LogP) is 5.62. The zero-order valence-electron chi connectivity index (χ0n) is 26.9. The van der Waals surface area contributed by atoms with Crippen LogP contribution in [0.15, 0.2) is 48.6 Å². The van der Waals surface area contributed by atoms with Crippen LogP contribution in [-0.4, -0.2) is 75.5 Å². The maximum atomic E-state index is 12.5. The molecule has 0 amide bonds. The Balaban J connectivity index is 4.63. The average molecular weight is 592 g/mol. The van der Waals surface area contributed by atoms with Crippen molar-refractivity contribution in [3.8, 4) is 0 Å². The Morgan fingerprint density at radius 2 is 1.45 bits per heavy atom. The second kappa shape index (κ2) is 26.0. The topological polar surface area (TPSA) is 102 Å². The van der Waals surface area contributed by atoms with Gasteiger partial charge in [-0.05, 0) is 44.9 Å². The number of allylic oxidation sites excluding steroid dienone is 8. The van der Waals surface area contributed by atoms with Crippen LogP contribution < -0.4 is 5.11 Å². The van der Waals surface area contributed by atoms with Gasteiger partial charge in [-0.25, -0.2) is 0 Å². The molecular formula is C34H57NO7. The van der Waals surface area contributed by atoms with E-state index in [4.69, 9.17) is 14.2 Å². The highest BCUT2D eigenvalue weighted by molar-refractivity contribution is 5.70. The molecule has 42 heavy (non-hydrogen) atoms. The number of carboxylic acid groups (broad SMARTS) is 1. The summed E-state index contributed by atoms with van der Waals surface area (Å²) >= 11 is 0. The highest BCUT2D eigenvalue weighted by Crippen LogP contribution is 2.10. The van der Waals surface area contributed by atoms with Gasteiger partial charge in [-0.15, -0.1) is 0 Å². The molecule has 0 spiro atoms. The molecular weight excluding hydrogens is 534 g/mol. The van der Waals surface area contributed by atoms with Gasteiger partial charge < -0.3 is 28.6 Å². The number of ether oxygens (including phenoxy) is 3. The minimum atomic E-state index is -1.14. The second-order valence-corrected chi connectivity index (χ2v) is 11.3. The lowest BCUT2D eigenvalue weighted by Crippen LogP contribution is -2.55. The van der Waals surface area contributed by atoms with Crippen LogP contribution in [0.1, 0.15) is 97.3 Å². The molecule has 8 heteroatoms. The Kier molecular flexibility index (Phi) is 24.3. The number of hydrogen-bond acceptors (Lipinski definition) is 7. The molecule has 0 radical (unpaired) electrons. The molecule has 0 aromatic carbocycles. The van der Waals surface area contributed by atoms with Crippen molar-refractivity contribution >= 4 is 17.9 Å². The third kappa shape index (κ3) is 23.9. The fraction of sp³-hybridized carbons (Fsp3) is 0.676. The molecule has 0 aliphatic rings. The zero-order valence-corrected chi connectivity index (χ0v) is 26.9. The fourth-order valence-electron chi connectivity index (χ4n) is 3.99. The van der Waals surface area contributed by atoms with E-state index in [1.807, 2.05) is 12.2 Å². The molecule has 0 aliphatic heterocycles. The molecule has 8 nitrogen and oxygen atoms in total. The van der Waals surface area contributed by atoms with Gasteiger partial charge in [0.05, 0.1) is 40.3 Å². The first-order valence-corrected chi connectivity index (χ1v) is 15.7. The van der Waals surface area contributed by atoms with Crippen molar-refractivity contribution < 1.29 is 38.2 Å². The largest absolute Gasteiger partial charge is 0.544 e. The van der Waals surface area contributed by atoms with Crippen molar-refractivity contribution in [2.75, 3.05) is 41.0 Å². The van der Waals surface area contributed by atoms with Crippen LogP contribution in [0.4, 0.5) is 0 Å². The second-order valence-electron chi connectivity index (χ2n) is 11.3. The Morgan fingerprint density at radius 1 is 0.762 bits per heavy atom. The number of unbranched alkanes of at least 4 members (excludes halogenated alkanes) is 5. The molecule has 2 atom stereocenters. The molecule has 0 heterocycles. The van der Waals surface area contributed by atoms with Crippen LogP contribution in [0, 0.1) is 0 Å². The number of aliphatic carboxylic acids is 1. The average Bonchev–Trinajstić information content (AvgIpc) is 2.92. The van der Waals surface area contributed by atoms with Gasteiger partial charge in [0, 0.05) is 19.3 Å². The SMILES string of the molecule is CC/C=C/C/C=C/CCC(=O)OCC(COCCC(C(=O)[O-])[N+](C)(C)C)OC(=O)CCCCC/C=C/C=C/CCCC. The fourth-order valence-corrected chi connectivity index (χ4v) is 3.99. The molecule has 0 bridgehead atoms. The summed E-state index contributed by atoms with van der Waals surface area (Å²) in [5, 5.41) is 11.5. The number of carboxylic acids is 1. The monoisotopic (exact) mass is 591 g/mol. The van der Waals surface area contributed by atoms with Crippen molar-refractivity contribution in [2.24, 2.45) is 0 Å². The van der Waals surface area contributed by atoms with Crippen molar-refractivity contribution in [2.45, 2.75) is 109 Å². The molecule has 0 fully saturated rings. The summed E-state index contributed by atoms with van der Waals surface area (Å²) in [4.78, 5) is 36.2. The van der Waals surface area contributed by atoms with Crippen molar-refractivity contribution in [1.29, 1.82) is 0 Å². The van der Waals surface area contributed by atoms with Crippen LogP contribution in [0.25, 0.3) is 0 Å². The molecule has 0 saturated carbocycles. The van der Waals surface area contributed by atoms with Crippen LogP contribution in [-0.2, 0) is 28.6 Å². The van der Waals surface area contributed by atoms with E-state index in [0.29, 0.717) is 12.8 Å².